The van der Waals surface area contributed by atoms with E-state index in [0.29, 0.717) is 12.8 Å². The van der Waals surface area contributed by atoms with Gasteiger partial charge in [-0.05, 0) is 83.5 Å². The van der Waals surface area contributed by atoms with Crippen molar-refractivity contribution in [3.05, 3.63) is 72.9 Å². The van der Waals surface area contributed by atoms with Gasteiger partial charge in [-0.15, -0.1) is 0 Å². The molecule has 3 atom stereocenters. The molecular formula is C48H82NO10P. The van der Waals surface area contributed by atoms with Crippen LogP contribution in [0.25, 0.3) is 0 Å². The van der Waals surface area contributed by atoms with Crippen molar-refractivity contribution in [1.82, 2.24) is 0 Å². The van der Waals surface area contributed by atoms with Gasteiger partial charge in [-0.25, -0.2) is 4.57 Å². The van der Waals surface area contributed by atoms with Gasteiger partial charge >= 0.3 is 25.7 Å². The zero-order chi connectivity index (χ0) is 44.2. The number of hydrogen-bond acceptors (Lipinski definition) is 9. The number of unbranched alkanes of at least 4 members (excludes halogenated alkanes) is 16. The van der Waals surface area contributed by atoms with Gasteiger partial charge in [0.25, 0.3) is 0 Å². The molecule has 0 aliphatic rings. The Kier molecular flexibility index (Phi) is 40.4. The first kappa shape index (κ1) is 56.9. The number of nitrogens with two attached hydrogens (primary N) is 1. The Bertz CT molecular complexity index is 1290. The van der Waals surface area contributed by atoms with E-state index in [1.165, 1.54) is 64.2 Å². The second kappa shape index (κ2) is 42.6. The van der Waals surface area contributed by atoms with Crippen LogP contribution in [0.3, 0.4) is 0 Å². The molecule has 0 saturated heterocycles. The van der Waals surface area contributed by atoms with Crippen LogP contribution in [0.2, 0.25) is 0 Å². The van der Waals surface area contributed by atoms with Crippen LogP contribution in [0.15, 0.2) is 72.9 Å². The molecule has 60 heavy (non-hydrogen) atoms. The lowest BCUT2D eigenvalue weighted by Crippen LogP contribution is -2.34. The average molecular weight is 864 g/mol. The largest absolute Gasteiger partial charge is 0.480 e. The zero-order valence-electron chi connectivity index (χ0n) is 37.3. The summed E-state index contributed by atoms with van der Waals surface area (Å²) in [5.74, 6) is -2.43. The first-order valence-electron chi connectivity index (χ1n) is 23.0. The van der Waals surface area contributed by atoms with Gasteiger partial charge in [-0.1, -0.05) is 157 Å². The summed E-state index contributed by atoms with van der Waals surface area (Å²) in [5.41, 5.74) is 5.34. The lowest BCUT2D eigenvalue weighted by Gasteiger charge is -2.20. The molecule has 0 bridgehead atoms. The smallest absolute Gasteiger partial charge is 0.472 e. The van der Waals surface area contributed by atoms with Crippen LogP contribution in [0, 0.1) is 0 Å². The number of aliphatic carboxylic acids is 1. The third kappa shape index (κ3) is 41.6. The van der Waals surface area contributed by atoms with Gasteiger partial charge in [-0.3, -0.25) is 23.4 Å². The molecule has 0 saturated carbocycles. The molecule has 11 nitrogen and oxygen atoms in total. The summed E-state index contributed by atoms with van der Waals surface area (Å²) in [5, 5.41) is 8.90. The lowest BCUT2D eigenvalue weighted by atomic mass is 10.1. The van der Waals surface area contributed by atoms with Crippen LogP contribution in [-0.2, 0) is 37.5 Å². The fraction of sp³-hybridized carbons (Fsp3) is 0.688. The van der Waals surface area contributed by atoms with Gasteiger partial charge in [0.05, 0.1) is 13.2 Å². The highest BCUT2D eigenvalue weighted by Crippen LogP contribution is 2.43. The highest BCUT2D eigenvalue weighted by molar-refractivity contribution is 7.47. The summed E-state index contributed by atoms with van der Waals surface area (Å²) in [6, 6.07) is -1.53. The van der Waals surface area contributed by atoms with Crippen molar-refractivity contribution in [1.29, 1.82) is 0 Å². The fourth-order valence-electron chi connectivity index (χ4n) is 5.85. The average Bonchev–Trinajstić information content (AvgIpc) is 3.22. The maximum atomic E-state index is 12.6. The van der Waals surface area contributed by atoms with Crippen molar-refractivity contribution in [2.75, 3.05) is 19.8 Å². The van der Waals surface area contributed by atoms with Crippen molar-refractivity contribution in [3.63, 3.8) is 0 Å². The van der Waals surface area contributed by atoms with Crippen LogP contribution in [-0.4, -0.2) is 59.9 Å². The molecule has 0 aliphatic carbocycles. The summed E-state index contributed by atoms with van der Waals surface area (Å²) in [7, 11) is -4.73. The molecule has 12 heteroatoms. The van der Waals surface area contributed by atoms with Gasteiger partial charge in [0, 0.05) is 12.8 Å². The summed E-state index contributed by atoms with van der Waals surface area (Å²) in [4.78, 5) is 46.0. The molecule has 0 aromatic rings. The van der Waals surface area contributed by atoms with Crippen LogP contribution in [0.5, 0.6) is 0 Å². The number of carbonyl (C=O) groups excluding carboxylic acids is 2. The quantitative estimate of drug-likeness (QED) is 0.0231. The monoisotopic (exact) mass is 864 g/mol. The number of ether oxygens (including phenoxy) is 2. The lowest BCUT2D eigenvalue weighted by molar-refractivity contribution is -0.161. The molecule has 0 spiro atoms. The van der Waals surface area contributed by atoms with Gasteiger partial charge < -0.3 is 25.2 Å². The van der Waals surface area contributed by atoms with E-state index in [0.717, 1.165) is 77.0 Å². The Morgan fingerprint density at radius 1 is 0.533 bits per heavy atom. The number of carboxylic acid groups (broad SMARTS) is 1. The highest BCUT2D eigenvalue weighted by Gasteiger charge is 2.28. The van der Waals surface area contributed by atoms with Crippen LogP contribution in [0.1, 0.15) is 181 Å². The molecular weight excluding hydrogens is 781 g/mol. The SMILES string of the molecule is CC/C=C\C/C=C\C/C=C\C/C=C\C/C=C\CCCCCC(=O)OC(COC(=O)CCCCCCCCC/C=C\CCCCCCCC)COP(=O)(O)OCC(N)C(=O)O. The fourth-order valence-corrected chi connectivity index (χ4v) is 6.63. The molecule has 0 rings (SSSR count). The molecule has 0 fully saturated rings. The maximum absolute atomic E-state index is 12.6. The minimum atomic E-state index is -4.73. The van der Waals surface area contributed by atoms with Crippen molar-refractivity contribution in [2.24, 2.45) is 5.73 Å². The van der Waals surface area contributed by atoms with E-state index in [9.17, 15) is 23.8 Å². The summed E-state index contributed by atoms with van der Waals surface area (Å²) in [6.45, 7) is 2.65. The molecule has 3 unspecified atom stereocenters. The van der Waals surface area contributed by atoms with E-state index in [2.05, 4.69) is 91.3 Å². The van der Waals surface area contributed by atoms with Crippen LogP contribution >= 0.6 is 7.82 Å². The number of esters is 2. The van der Waals surface area contributed by atoms with Crippen molar-refractivity contribution in [3.8, 4) is 0 Å². The molecule has 0 amide bonds. The molecule has 0 radical (unpaired) electrons. The van der Waals surface area contributed by atoms with Gasteiger partial charge in [0.15, 0.2) is 6.10 Å². The molecule has 0 heterocycles. The van der Waals surface area contributed by atoms with E-state index in [1.807, 2.05) is 0 Å². The van der Waals surface area contributed by atoms with E-state index in [-0.39, 0.29) is 19.4 Å². The number of allylic oxidation sites excluding steroid dienone is 12. The van der Waals surface area contributed by atoms with E-state index >= 15 is 0 Å². The van der Waals surface area contributed by atoms with Crippen LogP contribution < -0.4 is 5.73 Å². The molecule has 0 aromatic carbocycles. The molecule has 344 valence electrons. The third-order valence-electron chi connectivity index (χ3n) is 9.44. The predicted octanol–water partition coefficient (Wildman–Crippen LogP) is 12.5. The second-order valence-corrected chi connectivity index (χ2v) is 16.6. The minimum Gasteiger partial charge on any atom is -0.480 e. The summed E-state index contributed by atoms with van der Waals surface area (Å²) >= 11 is 0. The number of phosphoric ester groups is 1. The van der Waals surface area contributed by atoms with E-state index < -0.39 is 51.1 Å². The van der Waals surface area contributed by atoms with Gasteiger partial charge in [0.2, 0.25) is 0 Å². The van der Waals surface area contributed by atoms with Gasteiger partial charge in [-0.2, -0.15) is 0 Å². The van der Waals surface area contributed by atoms with Crippen molar-refractivity contribution >= 4 is 25.7 Å². The summed E-state index contributed by atoms with van der Waals surface area (Å²) < 4.78 is 32.7. The number of hydrogen-bond donors (Lipinski definition) is 3. The Balaban J connectivity index is 4.41. The first-order valence-corrected chi connectivity index (χ1v) is 24.5. The third-order valence-corrected chi connectivity index (χ3v) is 10.4. The van der Waals surface area contributed by atoms with Crippen molar-refractivity contribution in [2.45, 2.75) is 193 Å². The Morgan fingerprint density at radius 2 is 0.933 bits per heavy atom. The maximum Gasteiger partial charge on any atom is 0.472 e. The number of carboxylic acids is 1. The van der Waals surface area contributed by atoms with E-state index in [4.69, 9.17) is 24.8 Å². The van der Waals surface area contributed by atoms with E-state index in [1.54, 1.807) is 0 Å². The first-order chi connectivity index (χ1) is 29.1. The minimum absolute atomic E-state index is 0.118. The Morgan fingerprint density at radius 3 is 1.43 bits per heavy atom. The normalized spacial score (nSPS) is 14.3. The predicted molar refractivity (Wildman–Crippen MR) is 244 cm³/mol. The van der Waals surface area contributed by atoms with Crippen molar-refractivity contribution < 1.29 is 47.5 Å². The molecule has 4 N–H and O–H groups in total. The van der Waals surface area contributed by atoms with Gasteiger partial charge in [0.1, 0.15) is 12.6 Å². The zero-order valence-corrected chi connectivity index (χ0v) is 38.2. The number of phosphoric acid groups is 1. The topological polar surface area (TPSA) is 172 Å². The number of carbonyl (C=O) groups is 3. The Hall–Kier alpha value is -3.08. The molecule has 0 aliphatic heterocycles. The second-order valence-electron chi connectivity index (χ2n) is 15.1. The number of rotatable bonds is 42. The summed E-state index contributed by atoms with van der Waals surface area (Å²) in [6.07, 6.45) is 51.0. The van der Waals surface area contributed by atoms with Crippen LogP contribution in [0.4, 0.5) is 0 Å². The highest BCUT2D eigenvalue weighted by atomic mass is 31.2. The standard InChI is InChI=1S/C48H82NO10P/c1-3-5-7-9-11-13-15-17-19-21-22-24-26-28-30-32-34-36-38-40-47(51)59-44(42-57-60(54,55)58-43-45(49)48(52)53)41-56-46(50)39-37-35-33-31-29-27-25-23-20-18-16-14-12-10-8-6-4-2/h5,7,11,13,17-20,22,24,28,30,44-45H,3-4,6,8-10,12,14-16,21,23,25-27,29,31-43,49H2,1-2H3,(H,52,53)(H,54,55)/b7-5-,13-11-,19-17-,20-18-,24-22-,30-28-. The Labute approximate surface area is 363 Å². The molecule has 0 aromatic heterocycles.